The van der Waals surface area contributed by atoms with E-state index >= 15 is 0 Å². The monoisotopic (exact) mass is 417 g/mol. The predicted octanol–water partition coefficient (Wildman–Crippen LogP) is 2.60. The Morgan fingerprint density at radius 3 is 2.29 bits per heavy atom. The van der Waals surface area contributed by atoms with E-state index in [1.165, 1.54) is 0 Å². The summed E-state index contributed by atoms with van der Waals surface area (Å²) < 4.78 is 13.5. The highest BCUT2D eigenvalue weighted by Crippen LogP contribution is 2.31. The maximum absolute atomic E-state index is 13.0. The number of aromatic nitrogens is 1. The molecule has 0 radical (unpaired) electrons. The summed E-state index contributed by atoms with van der Waals surface area (Å²) in [6, 6.07) is 18.8. The summed E-state index contributed by atoms with van der Waals surface area (Å²) in [5, 5.41) is 0. The molecule has 0 aliphatic carbocycles. The molecule has 7 heteroatoms. The van der Waals surface area contributed by atoms with Crippen molar-refractivity contribution in [2.45, 2.75) is 6.10 Å². The van der Waals surface area contributed by atoms with Crippen LogP contribution < -0.4 is 9.47 Å². The lowest BCUT2D eigenvalue weighted by atomic mass is 10.1. The Morgan fingerprint density at radius 2 is 1.52 bits per heavy atom. The summed E-state index contributed by atoms with van der Waals surface area (Å²) in [6.07, 6.45) is 3.24. The maximum Gasteiger partial charge on any atom is 0.267 e. The van der Waals surface area contributed by atoms with E-state index in [4.69, 9.17) is 9.47 Å². The molecule has 0 spiro atoms. The van der Waals surface area contributed by atoms with Crippen molar-refractivity contribution in [3.63, 3.8) is 0 Å². The predicted molar refractivity (Wildman–Crippen MR) is 115 cm³/mol. The number of para-hydroxylation sites is 2. The second-order valence-corrected chi connectivity index (χ2v) is 7.62. The maximum atomic E-state index is 13.0. The van der Waals surface area contributed by atoms with E-state index in [0.29, 0.717) is 43.2 Å². The fourth-order valence-electron chi connectivity index (χ4n) is 3.96. The second kappa shape index (κ2) is 8.18. The molecule has 0 unspecified atom stereocenters. The molecule has 3 aromatic rings. The van der Waals surface area contributed by atoms with Crippen LogP contribution in [0, 0.1) is 0 Å². The third kappa shape index (κ3) is 3.86. The first kappa shape index (κ1) is 19.2. The summed E-state index contributed by atoms with van der Waals surface area (Å²) in [7, 11) is 0. The van der Waals surface area contributed by atoms with Gasteiger partial charge < -0.3 is 23.8 Å². The summed E-state index contributed by atoms with van der Waals surface area (Å²) >= 11 is 0. The Morgan fingerprint density at radius 1 is 0.806 bits per heavy atom. The fraction of sp³-hybridized carbons (Fsp3) is 0.250. The van der Waals surface area contributed by atoms with Gasteiger partial charge >= 0.3 is 0 Å². The van der Waals surface area contributed by atoms with E-state index in [2.05, 4.69) is 0 Å². The summed E-state index contributed by atoms with van der Waals surface area (Å²) in [6.45, 7) is 2.12. The number of benzene rings is 2. The minimum Gasteiger partial charge on any atom is -0.485 e. The van der Waals surface area contributed by atoms with Crippen LogP contribution in [0.2, 0.25) is 0 Å². The molecule has 0 saturated carbocycles. The van der Waals surface area contributed by atoms with E-state index in [-0.39, 0.29) is 18.4 Å². The van der Waals surface area contributed by atoms with Crippen LogP contribution in [0.3, 0.4) is 0 Å². The van der Waals surface area contributed by atoms with Crippen LogP contribution in [0.5, 0.6) is 11.5 Å². The zero-order valence-electron chi connectivity index (χ0n) is 17.0. The van der Waals surface area contributed by atoms with Crippen LogP contribution in [0.4, 0.5) is 0 Å². The number of piperazine rings is 1. The molecular weight excluding hydrogens is 394 g/mol. The molecule has 1 fully saturated rings. The number of rotatable bonds is 3. The number of fused-ring (bicyclic) bond motifs is 1. The topological polar surface area (TPSA) is 64.0 Å². The van der Waals surface area contributed by atoms with Crippen LogP contribution >= 0.6 is 0 Å². The van der Waals surface area contributed by atoms with Gasteiger partial charge in [-0.05, 0) is 42.5 Å². The Kier molecular flexibility index (Phi) is 5.08. The number of ether oxygens (including phenoxy) is 2. The minimum atomic E-state index is -0.657. The molecule has 3 heterocycles. The van der Waals surface area contributed by atoms with Gasteiger partial charge in [0, 0.05) is 49.8 Å². The largest absolute Gasteiger partial charge is 0.485 e. The van der Waals surface area contributed by atoms with Crippen LogP contribution in [-0.4, -0.2) is 65.1 Å². The van der Waals surface area contributed by atoms with E-state index in [9.17, 15) is 9.59 Å². The van der Waals surface area contributed by atoms with E-state index in [1.807, 2.05) is 71.6 Å². The molecule has 5 rings (SSSR count). The van der Waals surface area contributed by atoms with Gasteiger partial charge in [0.25, 0.3) is 11.8 Å². The summed E-state index contributed by atoms with van der Waals surface area (Å²) in [5.74, 6) is 1.12. The molecule has 0 bridgehead atoms. The number of amides is 2. The van der Waals surface area contributed by atoms with Gasteiger partial charge in [-0.2, -0.15) is 0 Å². The standard InChI is InChI=1S/C24H23N3O4/c28-23(18-6-5-7-19(16-18)25-10-3-4-11-25)26-12-14-27(15-13-26)24(29)22-17-30-20-8-1-2-9-21(20)31-22/h1-11,16,22H,12-15,17H2/t22-/m0/s1. The average Bonchev–Trinajstić information content (AvgIpc) is 3.38. The molecule has 7 nitrogen and oxygen atoms in total. The number of nitrogens with zero attached hydrogens (tertiary/aromatic N) is 3. The molecule has 2 aliphatic rings. The molecule has 1 aromatic heterocycles. The van der Waals surface area contributed by atoms with Gasteiger partial charge in [0.15, 0.2) is 11.5 Å². The Hall–Kier alpha value is -3.74. The molecule has 2 amide bonds. The van der Waals surface area contributed by atoms with Gasteiger partial charge in [-0.1, -0.05) is 18.2 Å². The van der Waals surface area contributed by atoms with Crippen molar-refractivity contribution in [1.29, 1.82) is 0 Å². The summed E-state index contributed by atoms with van der Waals surface area (Å²) in [5.41, 5.74) is 1.59. The van der Waals surface area contributed by atoms with Crippen molar-refractivity contribution in [1.82, 2.24) is 14.4 Å². The van der Waals surface area contributed by atoms with Gasteiger partial charge in [0.1, 0.15) is 6.61 Å². The van der Waals surface area contributed by atoms with Crippen LogP contribution in [0.25, 0.3) is 5.69 Å². The van der Waals surface area contributed by atoms with Crippen LogP contribution in [0.15, 0.2) is 73.1 Å². The molecule has 0 N–H and O–H groups in total. The van der Waals surface area contributed by atoms with Gasteiger partial charge in [-0.15, -0.1) is 0 Å². The third-order valence-electron chi connectivity index (χ3n) is 5.66. The van der Waals surface area contributed by atoms with E-state index in [1.54, 1.807) is 15.9 Å². The Bertz CT molecular complexity index is 1090. The number of hydrogen-bond acceptors (Lipinski definition) is 4. The molecule has 2 aliphatic heterocycles. The van der Waals surface area contributed by atoms with Crippen molar-refractivity contribution < 1.29 is 19.1 Å². The lowest BCUT2D eigenvalue weighted by Crippen LogP contribution is -2.55. The first-order chi connectivity index (χ1) is 15.2. The van der Waals surface area contributed by atoms with Crippen molar-refractivity contribution in [3.05, 3.63) is 78.6 Å². The highest BCUT2D eigenvalue weighted by Gasteiger charge is 2.33. The smallest absolute Gasteiger partial charge is 0.267 e. The normalized spacial score (nSPS) is 18.0. The SMILES string of the molecule is O=C(c1cccc(-n2cccc2)c1)N1CCN(C(=O)[C@@H]2COc3ccccc3O2)CC1. The van der Waals surface area contributed by atoms with E-state index in [0.717, 1.165) is 5.69 Å². The van der Waals surface area contributed by atoms with Gasteiger partial charge in [0.05, 0.1) is 0 Å². The highest BCUT2D eigenvalue weighted by molar-refractivity contribution is 5.95. The van der Waals surface area contributed by atoms with Crippen molar-refractivity contribution in [2.75, 3.05) is 32.8 Å². The zero-order chi connectivity index (χ0) is 21.2. The van der Waals surface area contributed by atoms with E-state index < -0.39 is 6.10 Å². The zero-order valence-corrected chi connectivity index (χ0v) is 17.0. The Labute approximate surface area is 180 Å². The molecular formula is C24H23N3O4. The highest BCUT2D eigenvalue weighted by atomic mass is 16.6. The first-order valence-corrected chi connectivity index (χ1v) is 10.4. The number of carbonyl (C=O) groups excluding carboxylic acids is 2. The molecule has 1 saturated heterocycles. The third-order valence-corrected chi connectivity index (χ3v) is 5.66. The van der Waals surface area contributed by atoms with Crippen molar-refractivity contribution >= 4 is 11.8 Å². The number of carbonyl (C=O) groups is 2. The van der Waals surface area contributed by atoms with Crippen LogP contribution in [-0.2, 0) is 4.79 Å². The average molecular weight is 417 g/mol. The quantitative estimate of drug-likeness (QED) is 0.657. The van der Waals surface area contributed by atoms with Crippen molar-refractivity contribution in [2.24, 2.45) is 0 Å². The number of hydrogen-bond donors (Lipinski definition) is 0. The Balaban J connectivity index is 1.20. The first-order valence-electron chi connectivity index (χ1n) is 10.4. The van der Waals surface area contributed by atoms with Gasteiger partial charge in [0.2, 0.25) is 6.10 Å². The summed E-state index contributed by atoms with van der Waals surface area (Å²) in [4.78, 5) is 29.5. The van der Waals surface area contributed by atoms with Gasteiger partial charge in [-0.25, -0.2) is 0 Å². The van der Waals surface area contributed by atoms with Crippen molar-refractivity contribution in [3.8, 4) is 17.2 Å². The van der Waals surface area contributed by atoms with Gasteiger partial charge in [-0.3, -0.25) is 9.59 Å². The van der Waals surface area contributed by atoms with Crippen LogP contribution in [0.1, 0.15) is 10.4 Å². The fourth-order valence-corrected chi connectivity index (χ4v) is 3.96. The molecule has 2 aromatic carbocycles. The lowest BCUT2D eigenvalue weighted by molar-refractivity contribution is -0.142. The molecule has 158 valence electrons. The minimum absolute atomic E-state index is 0.0210. The molecule has 31 heavy (non-hydrogen) atoms. The second-order valence-electron chi connectivity index (χ2n) is 7.62. The molecule has 1 atom stereocenters. The lowest BCUT2D eigenvalue weighted by Gasteiger charge is -2.37.